The molecule has 0 aliphatic carbocycles. The van der Waals surface area contributed by atoms with E-state index in [1.54, 1.807) is 6.26 Å². The van der Waals surface area contributed by atoms with Gasteiger partial charge in [0.2, 0.25) is 0 Å². The van der Waals surface area contributed by atoms with Crippen LogP contribution in [-0.2, 0) is 4.74 Å². The van der Waals surface area contributed by atoms with Crippen LogP contribution in [0.25, 0.3) is 0 Å². The van der Waals surface area contributed by atoms with Crippen molar-refractivity contribution in [2.24, 2.45) is 5.41 Å². The minimum absolute atomic E-state index is 0.225. The fourth-order valence-corrected chi connectivity index (χ4v) is 1.06. The molecule has 56 valence electrons. The summed E-state index contributed by atoms with van der Waals surface area (Å²) in [4.78, 5) is 0. The van der Waals surface area contributed by atoms with Gasteiger partial charge in [0.25, 0.3) is 0 Å². The lowest BCUT2D eigenvalue weighted by atomic mass is 9.86. The normalized spacial score (nSPS) is 31.3. The minimum Gasteiger partial charge on any atom is -0.470 e. The van der Waals surface area contributed by atoms with E-state index in [4.69, 9.17) is 4.74 Å². The molecule has 0 aromatic carbocycles. The van der Waals surface area contributed by atoms with Gasteiger partial charge in [-0.3, -0.25) is 0 Å². The molecule has 0 saturated heterocycles. The van der Waals surface area contributed by atoms with Crippen LogP contribution in [0, 0.1) is 5.41 Å². The lowest BCUT2D eigenvalue weighted by Gasteiger charge is -2.23. The average Bonchev–Trinajstić information content (AvgIpc) is 1.88. The highest BCUT2D eigenvalue weighted by Gasteiger charge is 2.18. The molecular formula is C9H14O. The molecule has 0 spiro atoms. The summed E-state index contributed by atoms with van der Waals surface area (Å²) in [7, 11) is 0. The van der Waals surface area contributed by atoms with E-state index in [9.17, 15) is 0 Å². The van der Waals surface area contributed by atoms with Crippen molar-refractivity contribution in [3.05, 3.63) is 24.2 Å². The number of rotatable bonds is 1. The Kier molecular flexibility index (Phi) is 1.84. The fraction of sp³-hybridized carbons (Fsp3) is 0.556. The number of hydrogen-bond acceptors (Lipinski definition) is 1. The van der Waals surface area contributed by atoms with Crippen molar-refractivity contribution >= 4 is 0 Å². The smallest absolute Gasteiger partial charge is 0.0969 e. The topological polar surface area (TPSA) is 9.23 Å². The Labute approximate surface area is 62.4 Å². The summed E-state index contributed by atoms with van der Waals surface area (Å²) >= 11 is 0. The first-order valence-electron chi connectivity index (χ1n) is 3.70. The van der Waals surface area contributed by atoms with Crippen LogP contribution >= 0.6 is 0 Å². The first-order valence-corrected chi connectivity index (χ1v) is 3.70. The maximum Gasteiger partial charge on any atom is 0.0969 e. The van der Waals surface area contributed by atoms with Gasteiger partial charge < -0.3 is 4.74 Å². The average molecular weight is 138 g/mol. The Morgan fingerprint density at radius 2 is 2.30 bits per heavy atom. The van der Waals surface area contributed by atoms with E-state index in [0.717, 1.165) is 12.2 Å². The van der Waals surface area contributed by atoms with Crippen LogP contribution in [0.3, 0.4) is 0 Å². The van der Waals surface area contributed by atoms with Crippen molar-refractivity contribution in [3.8, 4) is 0 Å². The molecule has 0 N–H and O–H groups in total. The van der Waals surface area contributed by atoms with E-state index in [1.165, 1.54) is 0 Å². The van der Waals surface area contributed by atoms with Crippen molar-refractivity contribution in [3.63, 3.8) is 0 Å². The molecule has 1 aliphatic heterocycles. The van der Waals surface area contributed by atoms with Gasteiger partial charge in [-0.15, -0.1) is 0 Å². The second-order valence-corrected chi connectivity index (χ2v) is 3.03. The van der Waals surface area contributed by atoms with Gasteiger partial charge in [0.1, 0.15) is 0 Å². The van der Waals surface area contributed by atoms with Gasteiger partial charge in [0.05, 0.1) is 12.0 Å². The van der Waals surface area contributed by atoms with E-state index in [1.807, 2.05) is 6.92 Å². The second kappa shape index (κ2) is 2.49. The quantitative estimate of drug-likeness (QED) is 0.541. The highest BCUT2D eigenvalue weighted by atomic mass is 16.5. The van der Waals surface area contributed by atoms with E-state index in [0.29, 0.717) is 0 Å². The number of hydrogen-bond donors (Lipinski definition) is 0. The van der Waals surface area contributed by atoms with Gasteiger partial charge in [-0.05, 0) is 25.5 Å². The van der Waals surface area contributed by atoms with Gasteiger partial charge in [-0.1, -0.05) is 13.8 Å². The summed E-state index contributed by atoms with van der Waals surface area (Å²) in [5, 5.41) is 0. The highest BCUT2D eigenvalue weighted by molar-refractivity contribution is 5.14. The molecule has 0 aromatic heterocycles. The number of ether oxygens (including phenoxy) is 1. The lowest BCUT2D eigenvalue weighted by Crippen LogP contribution is -2.11. The van der Waals surface area contributed by atoms with Crippen molar-refractivity contribution in [1.29, 1.82) is 0 Å². The van der Waals surface area contributed by atoms with Crippen molar-refractivity contribution in [2.75, 3.05) is 0 Å². The Balaban J connectivity index is 2.78. The molecule has 10 heavy (non-hydrogen) atoms. The molecule has 1 rings (SSSR count). The first kappa shape index (κ1) is 7.39. The summed E-state index contributed by atoms with van der Waals surface area (Å²) in [6, 6.07) is 0. The lowest BCUT2D eigenvalue weighted by molar-refractivity contribution is 0.313. The first-order chi connectivity index (χ1) is 4.66. The molecule has 0 bridgehead atoms. The summed E-state index contributed by atoms with van der Waals surface area (Å²) < 4.78 is 5.16. The van der Waals surface area contributed by atoms with E-state index < -0.39 is 0 Å². The van der Waals surface area contributed by atoms with Gasteiger partial charge >= 0.3 is 0 Å². The molecular weight excluding hydrogens is 124 g/mol. The summed E-state index contributed by atoms with van der Waals surface area (Å²) in [6.07, 6.45) is 7.16. The third kappa shape index (κ3) is 1.41. The molecule has 1 nitrogen and oxygen atoms in total. The molecule has 1 unspecified atom stereocenters. The Hall–Kier alpha value is -0.720. The third-order valence-electron chi connectivity index (χ3n) is 2.00. The summed E-state index contributed by atoms with van der Waals surface area (Å²) in [5.41, 5.74) is 0.225. The zero-order chi connectivity index (χ0) is 7.61. The zero-order valence-corrected chi connectivity index (χ0v) is 6.85. The molecule has 1 atom stereocenters. The molecule has 0 amide bonds. The van der Waals surface area contributed by atoms with Crippen molar-refractivity contribution in [1.82, 2.24) is 0 Å². The highest BCUT2D eigenvalue weighted by Crippen LogP contribution is 2.29. The summed E-state index contributed by atoms with van der Waals surface area (Å²) in [6.45, 7) is 6.37. The van der Waals surface area contributed by atoms with Crippen molar-refractivity contribution in [2.45, 2.75) is 27.2 Å². The fourth-order valence-electron chi connectivity index (χ4n) is 1.06. The van der Waals surface area contributed by atoms with Crippen LogP contribution in [0.15, 0.2) is 24.2 Å². The third-order valence-corrected chi connectivity index (χ3v) is 2.00. The molecule has 0 saturated carbocycles. The number of allylic oxidation sites excluding steroid dienone is 3. The minimum atomic E-state index is 0.225. The van der Waals surface area contributed by atoms with Gasteiger partial charge in [0.15, 0.2) is 0 Å². The molecule has 1 aliphatic rings. The van der Waals surface area contributed by atoms with E-state index >= 15 is 0 Å². The molecule has 0 aromatic rings. The maximum atomic E-state index is 5.16. The molecule has 0 radical (unpaired) electrons. The standard InChI is InChI=1S/C9H14O/c1-4-9(3)5-6-10-8(2)7-9/h5-7H,4H2,1-3H3. The van der Waals surface area contributed by atoms with Crippen LogP contribution in [-0.4, -0.2) is 0 Å². The monoisotopic (exact) mass is 138 g/mol. The van der Waals surface area contributed by atoms with Crippen LogP contribution in [0.5, 0.6) is 0 Å². The predicted molar refractivity (Wildman–Crippen MR) is 42.4 cm³/mol. The van der Waals surface area contributed by atoms with Crippen LogP contribution in [0.4, 0.5) is 0 Å². The molecule has 1 heteroatoms. The summed E-state index contributed by atoms with van der Waals surface area (Å²) in [5.74, 6) is 1.01. The van der Waals surface area contributed by atoms with E-state index in [-0.39, 0.29) is 5.41 Å². The van der Waals surface area contributed by atoms with Crippen LogP contribution < -0.4 is 0 Å². The second-order valence-electron chi connectivity index (χ2n) is 3.03. The Morgan fingerprint density at radius 1 is 1.60 bits per heavy atom. The molecule has 1 heterocycles. The van der Waals surface area contributed by atoms with E-state index in [2.05, 4.69) is 26.0 Å². The Bertz CT molecular complexity index is 179. The van der Waals surface area contributed by atoms with Crippen LogP contribution in [0.2, 0.25) is 0 Å². The predicted octanol–water partition coefficient (Wildman–Crippen LogP) is 2.85. The Morgan fingerprint density at radius 3 is 2.70 bits per heavy atom. The van der Waals surface area contributed by atoms with Gasteiger partial charge in [0, 0.05) is 5.41 Å². The zero-order valence-electron chi connectivity index (χ0n) is 6.85. The van der Waals surface area contributed by atoms with Gasteiger partial charge in [-0.2, -0.15) is 0 Å². The maximum absolute atomic E-state index is 5.16. The van der Waals surface area contributed by atoms with Crippen LogP contribution in [0.1, 0.15) is 27.2 Å². The SMILES string of the molecule is CCC1(C)C=COC(C)=C1. The largest absolute Gasteiger partial charge is 0.470 e. The van der Waals surface area contributed by atoms with Crippen molar-refractivity contribution < 1.29 is 4.74 Å². The molecule has 0 fully saturated rings. The van der Waals surface area contributed by atoms with Gasteiger partial charge in [-0.25, -0.2) is 0 Å².